The number of ether oxygens (including phenoxy) is 2. The molecule has 0 aromatic heterocycles. The third kappa shape index (κ3) is 6.39. The molecule has 0 spiro atoms. The number of rotatable bonds is 9. The zero-order chi connectivity index (χ0) is 25.5. The van der Waals surface area contributed by atoms with Gasteiger partial charge in [-0.2, -0.15) is 0 Å². The number of nitrogens with zero attached hydrogens (tertiary/aromatic N) is 4. The van der Waals surface area contributed by atoms with E-state index in [1.165, 1.54) is 37.1 Å². The molecular weight excluding hydrogens is 486 g/mol. The lowest BCUT2D eigenvalue weighted by atomic mass is 10.2. The number of amides is 2. The van der Waals surface area contributed by atoms with Crippen molar-refractivity contribution in [3.05, 3.63) is 58.6 Å². The number of carbonyl (C=O) groups excluding carboxylic acids is 2. The first-order valence-electron chi connectivity index (χ1n) is 11.5. The molecule has 2 aliphatic heterocycles. The van der Waals surface area contributed by atoms with Crippen LogP contribution >= 0.6 is 11.8 Å². The summed E-state index contributed by atoms with van der Waals surface area (Å²) in [6, 6.07) is 13.5. The lowest BCUT2D eigenvalue weighted by Crippen LogP contribution is -2.43. The number of methoxy groups -OCH3 is 1. The number of carbonyl (C=O) groups is 2. The molecule has 0 radical (unpaired) electrons. The summed E-state index contributed by atoms with van der Waals surface area (Å²) in [6.07, 6.45) is -0.144. The van der Waals surface area contributed by atoms with Gasteiger partial charge >= 0.3 is 0 Å². The monoisotopic (exact) mass is 513 g/mol. The molecule has 0 bridgehead atoms. The lowest BCUT2D eigenvalue weighted by Gasteiger charge is -2.28. The smallest absolute Gasteiger partial charge is 0.296 e. The Kier molecular flexibility index (Phi) is 8.52. The first-order chi connectivity index (χ1) is 17.4. The molecule has 1 N–H and O–H groups in total. The van der Waals surface area contributed by atoms with Gasteiger partial charge in [-0.1, -0.05) is 30.0 Å². The van der Waals surface area contributed by atoms with E-state index in [4.69, 9.17) is 9.47 Å². The number of hydrogen-bond acceptors (Lipinski definition) is 9. The van der Waals surface area contributed by atoms with Gasteiger partial charge in [0.25, 0.3) is 5.69 Å². The average molecular weight is 514 g/mol. The molecule has 2 aromatic carbocycles. The predicted molar refractivity (Wildman–Crippen MR) is 137 cm³/mol. The summed E-state index contributed by atoms with van der Waals surface area (Å²) >= 11 is 1.23. The average Bonchev–Trinajstić information content (AvgIpc) is 3.17. The molecule has 0 aliphatic carbocycles. The van der Waals surface area contributed by atoms with E-state index in [1.807, 2.05) is 30.3 Å². The maximum Gasteiger partial charge on any atom is 0.296 e. The standard InChI is InChI=1S/C24H27N5O6S/c1-34-18-7-8-19(20(15-18)29(32)33)26-22(30)16-21-23(31)28(10-9-27-11-13-35-14-12-27)24(36-21)25-17-5-3-2-4-6-17/h2-8,15,21H,9-14,16H2,1H3,(H,26,30)/t21-/m0/s1. The molecule has 12 heteroatoms. The van der Waals surface area contributed by atoms with Gasteiger partial charge < -0.3 is 14.8 Å². The minimum atomic E-state index is -0.686. The molecule has 4 rings (SSSR count). The second kappa shape index (κ2) is 12.0. The highest BCUT2D eigenvalue weighted by Gasteiger charge is 2.39. The summed E-state index contributed by atoms with van der Waals surface area (Å²) < 4.78 is 10.4. The van der Waals surface area contributed by atoms with Crippen LogP contribution in [0.25, 0.3) is 0 Å². The molecule has 2 aliphatic rings. The third-order valence-electron chi connectivity index (χ3n) is 5.79. The fourth-order valence-corrected chi connectivity index (χ4v) is 5.06. The van der Waals surface area contributed by atoms with E-state index in [-0.39, 0.29) is 23.7 Å². The van der Waals surface area contributed by atoms with Crippen LogP contribution in [-0.4, -0.2) is 83.5 Å². The highest BCUT2D eigenvalue weighted by molar-refractivity contribution is 8.15. The predicted octanol–water partition coefficient (Wildman–Crippen LogP) is 2.90. The van der Waals surface area contributed by atoms with Crippen molar-refractivity contribution >= 4 is 45.8 Å². The summed E-state index contributed by atoms with van der Waals surface area (Å²) in [4.78, 5) is 45.5. The molecule has 2 aromatic rings. The van der Waals surface area contributed by atoms with E-state index in [9.17, 15) is 19.7 Å². The van der Waals surface area contributed by atoms with Crippen molar-refractivity contribution < 1.29 is 24.0 Å². The van der Waals surface area contributed by atoms with Crippen LogP contribution in [0.2, 0.25) is 0 Å². The summed E-state index contributed by atoms with van der Waals surface area (Å²) in [5.74, 6) is -0.399. The van der Waals surface area contributed by atoms with E-state index in [2.05, 4.69) is 15.2 Å². The van der Waals surface area contributed by atoms with Gasteiger partial charge in [-0.05, 0) is 24.3 Å². The maximum atomic E-state index is 13.3. The molecule has 36 heavy (non-hydrogen) atoms. The maximum absolute atomic E-state index is 13.3. The topological polar surface area (TPSA) is 127 Å². The van der Waals surface area contributed by atoms with Crippen molar-refractivity contribution in [3.63, 3.8) is 0 Å². The molecule has 2 heterocycles. The van der Waals surface area contributed by atoms with Crippen molar-refractivity contribution in [3.8, 4) is 5.75 Å². The van der Waals surface area contributed by atoms with E-state index < -0.39 is 16.1 Å². The van der Waals surface area contributed by atoms with Crippen molar-refractivity contribution in [1.82, 2.24) is 9.80 Å². The lowest BCUT2D eigenvalue weighted by molar-refractivity contribution is -0.384. The quantitative estimate of drug-likeness (QED) is 0.401. The molecule has 0 unspecified atom stereocenters. The Morgan fingerprint density at radius 2 is 1.97 bits per heavy atom. The number of morpholine rings is 1. The van der Waals surface area contributed by atoms with Gasteiger partial charge in [-0.15, -0.1) is 0 Å². The van der Waals surface area contributed by atoms with Gasteiger partial charge in [0.05, 0.1) is 37.0 Å². The number of amidine groups is 1. The van der Waals surface area contributed by atoms with Crippen LogP contribution in [0.5, 0.6) is 5.75 Å². The molecule has 11 nitrogen and oxygen atoms in total. The van der Waals surface area contributed by atoms with E-state index >= 15 is 0 Å². The number of aliphatic imine (C=N–C) groups is 1. The van der Waals surface area contributed by atoms with Crippen molar-refractivity contribution in [2.45, 2.75) is 11.7 Å². The number of nitro benzene ring substituents is 1. The Balaban J connectivity index is 1.47. The molecule has 1 atom stereocenters. The number of anilines is 1. The normalized spacial score (nSPS) is 19.5. The molecule has 190 valence electrons. The highest BCUT2D eigenvalue weighted by atomic mass is 32.2. The molecular formula is C24H27N5O6S. The summed E-state index contributed by atoms with van der Waals surface area (Å²) in [5, 5.41) is 13.9. The minimum Gasteiger partial charge on any atom is -0.496 e. The van der Waals surface area contributed by atoms with Crippen LogP contribution in [0.15, 0.2) is 53.5 Å². The number of nitro groups is 1. The van der Waals surface area contributed by atoms with Gasteiger partial charge in [0.2, 0.25) is 11.8 Å². The Hall–Kier alpha value is -3.48. The number of thioether (sulfide) groups is 1. The van der Waals surface area contributed by atoms with Gasteiger partial charge in [0.1, 0.15) is 16.7 Å². The van der Waals surface area contributed by atoms with Crippen molar-refractivity contribution in [2.24, 2.45) is 4.99 Å². The largest absolute Gasteiger partial charge is 0.496 e. The second-order valence-corrected chi connectivity index (χ2v) is 9.34. The summed E-state index contributed by atoms with van der Waals surface area (Å²) in [7, 11) is 1.40. The van der Waals surface area contributed by atoms with E-state index in [0.717, 1.165) is 13.1 Å². The fourth-order valence-electron chi connectivity index (χ4n) is 3.87. The SMILES string of the molecule is COc1ccc(NC(=O)C[C@@H]2SC(=Nc3ccccc3)N(CCN3CCOCC3)C2=O)c([N+](=O)[O-])c1. The highest BCUT2D eigenvalue weighted by Crippen LogP contribution is 2.33. The number of para-hydroxylation sites is 1. The van der Waals surface area contributed by atoms with Crippen LogP contribution in [0.3, 0.4) is 0 Å². The zero-order valence-electron chi connectivity index (χ0n) is 19.8. The third-order valence-corrected chi connectivity index (χ3v) is 6.97. The van der Waals surface area contributed by atoms with Crippen molar-refractivity contribution in [2.75, 3.05) is 51.8 Å². The van der Waals surface area contributed by atoms with Crippen LogP contribution < -0.4 is 10.1 Å². The molecule has 0 saturated carbocycles. The summed E-state index contributed by atoms with van der Waals surface area (Å²) in [6.45, 7) is 4.03. The van der Waals surface area contributed by atoms with Gasteiger partial charge in [0.15, 0.2) is 5.17 Å². The fraction of sp³-hybridized carbons (Fsp3) is 0.375. The first-order valence-corrected chi connectivity index (χ1v) is 12.4. The first kappa shape index (κ1) is 25.6. The molecule has 2 amide bonds. The van der Waals surface area contributed by atoms with E-state index in [1.54, 1.807) is 4.90 Å². The Morgan fingerprint density at radius 3 is 2.67 bits per heavy atom. The summed E-state index contributed by atoms with van der Waals surface area (Å²) in [5.41, 5.74) is 0.471. The van der Waals surface area contributed by atoms with Gasteiger partial charge in [-0.25, -0.2) is 4.99 Å². The number of nitrogens with one attached hydrogen (secondary N) is 1. The van der Waals surface area contributed by atoms with E-state index in [0.29, 0.717) is 42.9 Å². The van der Waals surface area contributed by atoms with Crippen molar-refractivity contribution in [1.29, 1.82) is 0 Å². The second-order valence-electron chi connectivity index (χ2n) is 8.17. The number of benzene rings is 2. The van der Waals surface area contributed by atoms with Crippen LogP contribution in [0.4, 0.5) is 17.1 Å². The molecule has 2 fully saturated rings. The molecule has 2 saturated heterocycles. The van der Waals surface area contributed by atoms with Gasteiger partial charge in [0, 0.05) is 32.6 Å². The zero-order valence-corrected chi connectivity index (χ0v) is 20.6. The van der Waals surface area contributed by atoms with Gasteiger partial charge in [-0.3, -0.25) is 29.5 Å². The Morgan fingerprint density at radius 1 is 1.22 bits per heavy atom. The van der Waals surface area contributed by atoms with Crippen LogP contribution in [-0.2, 0) is 14.3 Å². The van der Waals surface area contributed by atoms with Crippen LogP contribution in [0, 0.1) is 10.1 Å². The van der Waals surface area contributed by atoms with Crippen LogP contribution in [0.1, 0.15) is 6.42 Å². The Labute approximate surface area is 212 Å². The minimum absolute atomic E-state index is 0.0450. The Bertz CT molecular complexity index is 1140. The number of hydrogen-bond donors (Lipinski definition) is 1.